The quantitative estimate of drug-likeness (QED) is 0.649. The summed E-state index contributed by atoms with van der Waals surface area (Å²) in [4.78, 5) is 12.2. The topological polar surface area (TPSA) is 64.1 Å². The van der Waals surface area contributed by atoms with Crippen molar-refractivity contribution in [1.82, 2.24) is 10.2 Å². The number of rotatable bonds is 7. The number of aromatic nitrogens is 2. The molecule has 0 unspecified atom stereocenters. The van der Waals surface area contributed by atoms with Crippen LogP contribution in [0.3, 0.4) is 0 Å². The molecule has 0 saturated heterocycles. The van der Waals surface area contributed by atoms with Crippen molar-refractivity contribution in [2.24, 2.45) is 0 Å². The van der Waals surface area contributed by atoms with E-state index in [1.54, 1.807) is 12.1 Å². The van der Waals surface area contributed by atoms with Crippen LogP contribution in [0.4, 0.5) is 5.13 Å². The molecule has 2 aromatic carbocycles. The first-order valence-corrected chi connectivity index (χ1v) is 8.90. The van der Waals surface area contributed by atoms with Gasteiger partial charge in [0, 0.05) is 12.0 Å². The Morgan fingerprint density at radius 3 is 2.60 bits per heavy atom. The number of carbonyl (C=O) groups excluding carboxylic acids is 1. The molecule has 0 aliphatic heterocycles. The minimum absolute atomic E-state index is 0.171. The summed E-state index contributed by atoms with van der Waals surface area (Å²) in [6, 6.07) is 17.1. The largest absolute Gasteiger partial charge is 0.494 e. The molecule has 0 spiro atoms. The Balaban J connectivity index is 1.45. The summed E-state index contributed by atoms with van der Waals surface area (Å²) in [7, 11) is 0. The molecule has 128 valence electrons. The molecule has 3 rings (SSSR count). The highest BCUT2D eigenvalue weighted by molar-refractivity contribution is 7.15. The fourth-order valence-corrected chi connectivity index (χ4v) is 2.99. The van der Waals surface area contributed by atoms with Crippen LogP contribution < -0.4 is 10.1 Å². The molecule has 0 radical (unpaired) electrons. The number of anilines is 1. The maximum atomic E-state index is 12.2. The molecular formula is C19H19N3O2S. The maximum absolute atomic E-state index is 12.2. The number of amides is 1. The Bertz CT molecular complexity index is 816. The van der Waals surface area contributed by atoms with Crippen molar-refractivity contribution < 1.29 is 9.53 Å². The predicted molar refractivity (Wildman–Crippen MR) is 99.3 cm³/mol. The number of nitrogens with zero attached hydrogens (tertiary/aromatic N) is 2. The molecule has 0 aliphatic carbocycles. The lowest BCUT2D eigenvalue weighted by Gasteiger charge is -2.04. The van der Waals surface area contributed by atoms with Gasteiger partial charge in [-0.2, -0.15) is 0 Å². The van der Waals surface area contributed by atoms with Gasteiger partial charge in [0.25, 0.3) is 5.91 Å². The Morgan fingerprint density at radius 2 is 1.84 bits per heavy atom. The number of nitrogens with one attached hydrogen (secondary N) is 1. The highest BCUT2D eigenvalue weighted by atomic mass is 32.1. The molecule has 0 atom stereocenters. The zero-order valence-corrected chi connectivity index (χ0v) is 14.8. The third-order valence-corrected chi connectivity index (χ3v) is 4.45. The van der Waals surface area contributed by atoms with Crippen LogP contribution in [0.15, 0.2) is 54.6 Å². The van der Waals surface area contributed by atoms with E-state index < -0.39 is 0 Å². The van der Waals surface area contributed by atoms with Crippen LogP contribution in [-0.4, -0.2) is 22.7 Å². The minimum atomic E-state index is -0.171. The first-order valence-electron chi connectivity index (χ1n) is 8.09. The fraction of sp³-hybridized carbons (Fsp3) is 0.211. The first kappa shape index (κ1) is 17.1. The normalized spacial score (nSPS) is 10.4. The van der Waals surface area contributed by atoms with Crippen molar-refractivity contribution in [2.75, 3.05) is 11.9 Å². The van der Waals surface area contributed by atoms with Crippen LogP contribution in [0.2, 0.25) is 0 Å². The number of aryl methyl sites for hydroxylation is 2. The summed E-state index contributed by atoms with van der Waals surface area (Å²) in [5, 5.41) is 12.3. The Hall–Kier alpha value is -2.73. The molecular weight excluding hydrogens is 334 g/mol. The first-order chi connectivity index (χ1) is 12.2. The zero-order valence-electron chi connectivity index (χ0n) is 13.9. The average Bonchev–Trinajstić information content (AvgIpc) is 3.07. The van der Waals surface area contributed by atoms with Gasteiger partial charge in [0.15, 0.2) is 0 Å². The van der Waals surface area contributed by atoms with Gasteiger partial charge >= 0.3 is 0 Å². The van der Waals surface area contributed by atoms with Gasteiger partial charge in [-0.1, -0.05) is 47.2 Å². The van der Waals surface area contributed by atoms with Gasteiger partial charge in [-0.3, -0.25) is 10.1 Å². The average molecular weight is 353 g/mol. The molecule has 0 saturated carbocycles. The molecule has 25 heavy (non-hydrogen) atoms. The molecule has 1 heterocycles. The lowest BCUT2D eigenvalue weighted by molar-refractivity contribution is 0.102. The van der Waals surface area contributed by atoms with Crippen LogP contribution in [0.1, 0.15) is 27.3 Å². The number of ether oxygens (including phenoxy) is 1. The van der Waals surface area contributed by atoms with Crippen molar-refractivity contribution in [3.05, 3.63) is 70.7 Å². The summed E-state index contributed by atoms with van der Waals surface area (Å²) in [5.74, 6) is 0.695. The van der Waals surface area contributed by atoms with Crippen LogP contribution in [0.25, 0.3) is 0 Å². The second-order valence-corrected chi connectivity index (χ2v) is 6.65. The Morgan fingerprint density at radius 1 is 1.08 bits per heavy atom. The highest BCUT2D eigenvalue weighted by Crippen LogP contribution is 2.18. The Labute approximate surface area is 150 Å². The summed E-state index contributed by atoms with van der Waals surface area (Å²) in [6.45, 7) is 2.61. The van der Waals surface area contributed by atoms with Gasteiger partial charge in [0.2, 0.25) is 5.13 Å². The highest BCUT2D eigenvalue weighted by Gasteiger charge is 2.10. The number of benzene rings is 2. The number of hydrogen-bond acceptors (Lipinski definition) is 5. The standard InChI is InChI=1S/C19H19N3O2S/c1-14-9-11-15(12-10-14)18(23)20-19-22-21-17(25-19)8-5-13-24-16-6-3-2-4-7-16/h2-4,6-7,9-12H,5,8,13H2,1H3,(H,20,22,23). The zero-order chi connectivity index (χ0) is 17.5. The monoisotopic (exact) mass is 353 g/mol. The predicted octanol–water partition coefficient (Wildman–Crippen LogP) is 4.11. The molecule has 1 N–H and O–H groups in total. The minimum Gasteiger partial charge on any atom is -0.494 e. The van der Waals surface area contributed by atoms with E-state index >= 15 is 0 Å². The molecule has 0 aliphatic rings. The molecule has 1 amide bonds. The van der Waals surface area contributed by atoms with Crippen molar-refractivity contribution in [3.63, 3.8) is 0 Å². The van der Waals surface area contributed by atoms with Gasteiger partial charge in [-0.05, 0) is 37.6 Å². The molecule has 0 fully saturated rings. The van der Waals surface area contributed by atoms with Crippen molar-refractivity contribution >= 4 is 22.4 Å². The summed E-state index contributed by atoms with van der Waals surface area (Å²) in [5.41, 5.74) is 1.73. The smallest absolute Gasteiger partial charge is 0.257 e. The van der Waals surface area contributed by atoms with Crippen LogP contribution in [0, 0.1) is 6.92 Å². The van der Waals surface area contributed by atoms with Crippen LogP contribution in [0.5, 0.6) is 5.75 Å². The second-order valence-electron chi connectivity index (χ2n) is 5.59. The van der Waals surface area contributed by atoms with E-state index in [0.717, 1.165) is 29.2 Å². The number of para-hydroxylation sites is 1. The number of hydrogen-bond donors (Lipinski definition) is 1. The molecule has 1 aromatic heterocycles. The second kappa shape index (κ2) is 8.39. The maximum Gasteiger partial charge on any atom is 0.257 e. The van der Waals surface area contributed by atoms with Crippen LogP contribution >= 0.6 is 11.3 Å². The van der Waals surface area contributed by atoms with Gasteiger partial charge < -0.3 is 4.74 Å². The van der Waals surface area contributed by atoms with E-state index in [9.17, 15) is 4.79 Å². The lowest BCUT2D eigenvalue weighted by atomic mass is 10.1. The summed E-state index contributed by atoms with van der Waals surface area (Å²) < 4.78 is 5.65. The van der Waals surface area contributed by atoms with E-state index in [4.69, 9.17) is 4.74 Å². The van der Waals surface area contributed by atoms with Gasteiger partial charge in [0.1, 0.15) is 10.8 Å². The molecule has 6 heteroatoms. The molecule has 5 nitrogen and oxygen atoms in total. The van der Waals surface area contributed by atoms with Crippen LogP contribution in [-0.2, 0) is 6.42 Å². The lowest BCUT2D eigenvalue weighted by Crippen LogP contribution is -2.11. The van der Waals surface area contributed by atoms with E-state index in [1.807, 2.05) is 49.4 Å². The van der Waals surface area contributed by atoms with E-state index in [1.165, 1.54) is 11.3 Å². The third-order valence-electron chi connectivity index (χ3n) is 3.55. The van der Waals surface area contributed by atoms with E-state index in [0.29, 0.717) is 17.3 Å². The van der Waals surface area contributed by atoms with Gasteiger partial charge in [-0.15, -0.1) is 10.2 Å². The van der Waals surface area contributed by atoms with Crippen molar-refractivity contribution in [2.45, 2.75) is 19.8 Å². The summed E-state index contributed by atoms with van der Waals surface area (Å²) in [6.07, 6.45) is 1.61. The van der Waals surface area contributed by atoms with Crippen molar-refractivity contribution in [3.8, 4) is 5.75 Å². The Kier molecular flexibility index (Phi) is 5.74. The summed E-state index contributed by atoms with van der Waals surface area (Å²) >= 11 is 1.40. The van der Waals surface area contributed by atoms with Gasteiger partial charge in [-0.25, -0.2) is 0 Å². The number of carbonyl (C=O) groups is 1. The molecule has 3 aromatic rings. The van der Waals surface area contributed by atoms with Gasteiger partial charge in [0.05, 0.1) is 6.61 Å². The van der Waals surface area contributed by atoms with Crippen molar-refractivity contribution in [1.29, 1.82) is 0 Å². The fourth-order valence-electron chi connectivity index (χ4n) is 2.21. The molecule has 0 bridgehead atoms. The third kappa shape index (κ3) is 5.12. The van der Waals surface area contributed by atoms with E-state index in [2.05, 4.69) is 15.5 Å². The van der Waals surface area contributed by atoms with E-state index in [-0.39, 0.29) is 5.91 Å². The SMILES string of the molecule is Cc1ccc(C(=O)Nc2nnc(CCCOc3ccccc3)s2)cc1.